The third-order valence-corrected chi connectivity index (χ3v) is 2.46. The van der Waals surface area contributed by atoms with Crippen molar-refractivity contribution in [2.24, 2.45) is 5.92 Å². The van der Waals surface area contributed by atoms with Crippen LogP contribution in [0.2, 0.25) is 0 Å². The molecule has 0 saturated carbocycles. The van der Waals surface area contributed by atoms with Gasteiger partial charge in [0, 0.05) is 6.07 Å². The molecule has 0 amide bonds. The summed E-state index contributed by atoms with van der Waals surface area (Å²) in [6.07, 6.45) is 0. The van der Waals surface area contributed by atoms with Gasteiger partial charge in [-0.15, -0.1) is 0 Å². The molecule has 1 atom stereocenters. The molecule has 1 aromatic carbocycles. The predicted octanol–water partition coefficient (Wildman–Crippen LogP) is 2.39. The Morgan fingerprint density at radius 2 is 1.94 bits per heavy atom. The Bertz CT molecular complexity index is 391. The Kier molecular flexibility index (Phi) is 4.12. The molecule has 0 radical (unpaired) electrons. The van der Waals surface area contributed by atoms with Crippen molar-refractivity contribution < 1.29 is 13.6 Å². The smallest absolute Gasteiger partial charge is 0.182 e. The van der Waals surface area contributed by atoms with Crippen LogP contribution in [-0.4, -0.2) is 18.9 Å². The Labute approximate surface area is 93.7 Å². The van der Waals surface area contributed by atoms with Gasteiger partial charge in [0.05, 0.1) is 11.6 Å². The van der Waals surface area contributed by atoms with E-state index in [1.165, 1.54) is 6.07 Å². The monoisotopic (exact) mass is 227 g/mol. The van der Waals surface area contributed by atoms with Gasteiger partial charge in [0.15, 0.2) is 5.78 Å². The summed E-state index contributed by atoms with van der Waals surface area (Å²) in [7, 11) is 1.64. The topological polar surface area (TPSA) is 29.1 Å². The number of nitrogens with one attached hydrogen (secondary N) is 1. The standard InChI is InChI=1S/C12H15F2NO/c1-7(2)11(15-3)12(16)9-5-4-8(13)6-10(9)14/h4-7,11,15H,1-3H3. The molecule has 0 heterocycles. The molecule has 1 aromatic rings. The maximum Gasteiger partial charge on any atom is 0.182 e. The summed E-state index contributed by atoms with van der Waals surface area (Å²) in [6.45, 7) is 3.72. The van der Waals surface area contributed by atoms with E-state index in [1.807, 2.05) is 13.8 Å². The molecule has 88 valence electrons. The molecule has 1 rings (SSSR count). The van der Waals surface area contributed by atoms with Crippen LogP contribution in [0, 0.1) is 17.6 Å². The normalized spacial score (nSPS) is 12.9. The number of hydrogen-bond acceptors (Lipinski definition) is 2. The molecule has 0 aliphatic heterocycles. The zero-order valence-corrected chi connectivity index (χ0v) is 9.55. The molecule has 1 N–H and O–H groups in total. The van der Waals surface area contributed by atoms with E-state index in [-0.39, 0.29) is 17.3 Å². The number of carbonyl (C=O) groups excluding carboxylic acids is 1. The van der Waals surface area contributed by atoms with E-state index in [0.717, 1.165) is 12.1 Å². The summed E-state index contributed by atoms with van der Waals surface area (Å²) in [6, 6.07) is 2.53. The first-order chi connectivity index (χ1) is 7.47. The van der Waals surface area contributed by atoms with Crippen molar-refractivity contribution >= 4 is 5.78 Å². The molecule has 4 heteroatoms. The van der Waals surface area contributed by atoms with E-state index >= 15 is 0 Å². The summed E-state index contributed by atoms with van der Waals surface area (Å²) >= 11 is 0. The Morgan fingerprint density at radius 3 is 2.38 bits per heavy atom. The van der Waals surface area contributed by atoms with Crippen LogP contribution in [0.5, 0.6) is 0 Å². The van der Waals surface area contributed by atoms with Gasteiger partial charge in [-0.2, -0.15) is 0 Å². The number of benzene rings is 1. The Balaban J connectivity index is 3.04. The van der Waals surface area contributed by atoms with E-state index in [9.17, 15) is 13.6 Å². The summed E-state index contributed by atoms with van der Waals surface area (Å²) in [4.78, 5) is 11.9. The van der Waals surface area contributed by atoms with Crippen molar-refractivity contribution in [3.63, 3.8) is 0 Å². The number of rotatable bonds is 4. The van der Waals surface area contributed by atoms with Crippen LogP contribution in [0.4, 0.5) is 8.78 Å². The van der Waals surface area contributed by atoms with Gasteiger partial charge in [-0.25, -0.2) is 8.78 Å². The van der Waals surface area contributed by atoms with E-state index < -0.39 is 17.7 Å². The zero-order valence-electron chi connectivity index (χ0n) is 9.55. The van der Waals surface area contributed by atoms with Crippen molar-refractivity contribution in [1.29, 1.82) is 0 Å². The Hall–Kier alpha value is -1.29. The zero-order chi connectivity index (χ0) is 12.3. The van der Waals surface area contributed by atoms with Crippen molar-refractivity contribution in [2.45, 2.75) is 19.9 Å². The van der Waals surface area contributed by atoms with Gasteiger partial charge < -0.3 is 5.32 Å². The Morgan fingerprint density at radius 1 is 1.31 bits per heavy atom. The van der Waals surface area contributed by atoms with Gasteiger partial charge in [0.1, 0.15) is 11.6 Å². The molecule has 0 aliphatic rings. The second-order valence-corrected chi connectivity index (χ2v) is 4.00. The first-order valence-electron chi connectivity index (χ1n) is 5.14. The highest BCUT2D eigenvalue weighted by Crippen LogP contribution is 2.15. The quantitative estimate of drug-likeness (QED) is 0.800. The number of hydrogen-bond donors (Lipinski definition) is 1. The molecule has 0 saturated heterocycles. The molecule has 0 spiro atoms. The second kappa shape index (κ2) is 5.16. The van der Waals surface area contributed by atoms with E-state index in [4.69, 9.17) is 0 Å². The number of halogens is 2. The van der Waals surface area contributed by atoms with Crippen molar-refractivity contribution in [3.05, 3.63) is 35.4 Å². The predicted molar refractivity (Wildman–Crippen MR) is 58.4 cm³/mol. The van der Waals surface area contributed by atoms with E-state index in [1.54, 1.807) is 7.05 Å². The molecule has 16 heavy (non-hydrogen) atoms. The third-order valence-electron chi connectivity index (χ3n) is 2.46. The van der Waals surface area contributed by atoms with Crippen LogP contribution in [0.15, 0.2) is 18.2 Å². The fourth-order valence-corrected chi connectivity index (χ4v) is 1.62. The highest BCUT2D eigenvalue weighted by molar-refractivity contribution is 6.00. The number of ketones is 1. The van der Waals surface area contributed by atoms with Crippen molar-refractivity contribution in [1.82, 2.24) is 5.32 Å². The minimum Gasteiger partial charge on any atom is -0.310 e. The second-order valence-electron chi connectivity index (χ2n) is 4.00. The van der Waals surface area contributed by atoms with Gasteiger partial charge in [-0.05, 0) is 25.1 Å². The highest BCUT2D eigenvalue weighted by Gasteiger charge is 2.24. The van der Waals surface area contributed by atoms with Gasteiger partial charge in [0.25, 0.3) is 0 Å². The summed E-state index contributed by atoms with van der Waals surface area (Å²) in [5, 5.41) is 2.83. The first-order valence-corrected chi connectivity index (χ1v) is 5.14. The van der Waals surface area contributed by atoms with Crippen LogP contribution in [0.3, 0.4) is 0 Å². The van der Waals surface area contributed by atoms with Crippen LogP contribution in [0.25, 0.3) is 0 Å². The summed E-state index contributed by atoms with van der Waals surface area (Å²) < 4.78 is 26.1. The number of likely N-dealkylation sites (N-methyl/N-ethyl adjacent to an activating group) is 1. The number of Topliss-reactive ketones (excluding diaryl/α,β-unsaturated/α-hetero) is 1. The third kappa shape index (κ3) is 2.64. The molecule has 0 aromatic heterocycles. The van der Waals surface area contributed by atoms with Crippen molar-refractivity contribution in [2.75, 3.05) is 7.05 Å². The van der Waals surface area contributed by atoms with E-state index in [0.29, 0.717) is 0 Å². The van der Waals surface area contributed by atoms with E-state index in [2.05, 4.69) is 5.32 Å². The lowest BCUT2D eigenvalue weighted by atomic mass is 9.95. The van der Waals surface area contributed by atoms with Gasteiger partial charge in [-0.1, -0.05) is 13.8 Å². The molecule has 1 unspecified atom stereocenters. The molecule has 2 nitrogen and oxygen atoms in total. The SMILES string of the molecule is CNC(C(=O)c1ccc(F)cc1F)C(C)C. The van der Waals surface area contributed by atoms with Gasteiger partial charge in [0.2, 0.25) is 0 Å². The van der Waals surface area contributed by atoms with Crippen LogP contribution >= 0.6 is 0 Å². The lowest BCUT2D eigenvalue weighted by Gasteiger charge is -2.18. The minimum atomic E-state index is -0.814. The van der Waals surface area contributed by atoms with Gasteiger partial charge >= 0.3 is 0 Å². The molecular weight excluding hydrogens is 212 g/mol. The fraction of sp³-hybridized carbons (Fsp3) is 0.417. The lowest BCUT2D eigenvalue weighted by Crippen LogP contribution is -2.39. The van der Waals surface area contributed by atoms with Crippen molar-refractivity contribution in [3.8, 4) is 0 Å². The molecular formula is C12H15F2NO. The van der Waals surface area contributed by atoms with Gasteiger partial charge in [-0.3, -0.25) is 4.79 Å². The average Bonchev–Trinajstić information content (AvgIpc) is 2.17. The summed E-state index contributed by atoms with van der Waals surface area (Å²) in [5.74, 6) is -1.80. The molecule has 0 fully saturated rings. The lowest BCUT2D eigenvalue weighted by molar-refractivity contribution is 0.0918. The largest absolute Gasteiger partial charge is 0.310 e. The molecule has 0 aliphatic carbocycles. The maximum atomic E-state index is 13.4. The summed E-state index contributed by atoms with van der Waals surface area (Å²) in [5.41, 5.74) is -0.0746. The highest BCUT2D eigenvalue weighted by atomic mass is 19.1. The van der Waals surface area contributed by atoms with Crippen LogP contribution in [0.1, 0.15) is 24.2 Å². The van der Waals surface area contributed by atoms with Crippen LogP contribution < -0.4 is 5.32 Å². The minimum absolute atomic E-state index is 0.0435. The first kappa shape index (κ1) is 12.8. The average molecular weight is 227 g/mol. The number of carbonyl (C=O) groups is 1. The van der Waals surface area contributed by atoms with Crippen LogP contribution in [-0.2, 0) is 0 Å². The maximum absolute atomic E-state index is 13.4. The fourth-order valence-electron chi connectivity index (χ4n) is 1.62. The molecule has 0 bridgehead atoms.